The number of rotatable bonds is 3. The Morgan fingerprint density at radius 1 is 1.25 bits per heavy atom. The zero-order valence-electron chi connectivity index (χ0n) is 10.1. The highest BCUT2D eigenvalue weighted by molar-refractivity contribution is 5.92. The van der Waals surface area contributed by atoms with Crippen LogP contribution in [0.3, 0.4) is 0 Å². The van der Waals surface area contributed by atoms with Gasteiger partial charge >= 0.3 is 0 Å². The molecule has 2 nitrogen and oxygen atoms in total. The number of hydrogen-bond acceptors (Lipinski definition) is 1. The summed E-state index contributed by atoms with van der Waals surface area (Å²) in [7, 11) is 0. The number of carbonyl (C=O) groups is 1. The standard InChI is InChI=1S/C14H21NO/c1-3-12-5-7-13(8-6-12)10-15-11(2)4-9-14(15)16/h4,9,12-13H,2-3,5-8,10H2,1H3. The van der Waals surface area contributed by atoms with Gasteiger partial charge in [0.1, 0.15) is 0 Å². The minimum absolute atomic E-state index is 0.114. The van der Waals surface area contributed by atoms with Gasteiger partial charge in [0.25, 0.3) is 5.91 Å². The molecule has 0 spiro atoms. The quantitative estimate of drug-likeness (QED) is 0.714. The summed E-state index contributed by atoms with van der Waals surface area (Å²) < 4.78 is 0. The highest BCUT2D eigenvalue weighted by atomic mass is 16.2. The van der Waals surface area contributed by atoms with Crippen LogP contribution in [0.4, 0.5) is 0 Å². The predicted octanol–water partition coefficient (Wildman–Crippen LogP) is 3.11. The zero-order valence-corrected chi connectivity index (χ0v) is 10.1. The molecule has 2 heteroatoms. The summed E-state index contributed by atoms with van der Waals surface area (Å²) in [5.41, 5.74) is 0.864. The Balaban J connectivity index is 1.83. The van der Waals surface area contributed by atoms with E-state index in [1.54, 1.807) is 6.08 Å². The molecule has 16 heavy (non-hydrogen) atoms. The molecule has 0 bridgehead atoms. The van der Waals surface area contributed by atoms with Crippen LogP contribution < -0.4 is 0 Å². The van der Waals surface area contributed by atoms with Crippen molar-refractivity contribution in [1.29, 1.82) is 0 Å². The topological polar surface area (TPSA) is 20.3 Å². The minimum Gasteiger partial charge on any atom is -0.309 e. The van der Waals surface area contributed by atoms with Gasteiger partial charge in [-0.3, -0.25) is 4.79 Å². The summed E-state index contributed by atoms with van der Waals surface area (Å²) in [4.78, 5) is 13.4. The van der Waals surface area contributed by atoms with Crippen molar-refractivity contribution in [2.24, 2.45) is 11.8 Å². The molecule has 1 saturated carbocycles. The Bertz CT molecular complexity index is 293. The van der Waals surface area contributed by atoms with E-state index >= 15 is 0 Å². The number of allylic oxidation sites excluding steroid dienone is 1. The lowest BCUT2D eigenvalue weighted by Crippen LogP contribution is -2.31. The normalized spacial score (nSPS) is 30.2. The van der Waals surface area contributed by atoms with Gasteiger partial charge in [0.2, 0.25) is 0 Å². The molecule has 1 fully saturated rings. The maximum Gasteiger partial charge on any atom is 0.251 e. The van der Waals surface area contributed by atoms with Crippen LogP contribution >= 0.6 is 0 Å². The first-order valence-corrected chi connectivity index (χ1v) is 6.39. The molecule has 88 valence electrons. The molecule has 0 N–H and O–H groups in total. The van der Waals surface area contributed by atoms with Crippen LogP contribution in [0.25, 0.3) is 0 Å². The van der Waals surface area contributed by atoms with E-state index in [0.717, 1.165) is 18.2 Å². The van der Waals surface area contributed by atoms with E-state index in [0.29, 0.717) is 5.92 Å². The lowest BCUT2D eigenvalue weighted by molar-refractivity contribution is -0.123. The first-order valence-electron chi connectivity index (χ1n) is 6.39. The SMILES string of the molecule is C=C1C=CC(=O)N1CC1CCC(CC)CC1. The molecule has 0 saturated heterocycles. The van der Waals surface area contributed by atoms with Gasteiger partial charge in [-0.1, -0.05) is 32.8 Å². The average molecular weight is 219 g/mol. The van der Waals surface area contributed by atoms with Crippen molar-refractivity contribution in [2.75, 3.05) is 6.54 Å². The van der Waals surface area contributed by atoms with Crippen molar-refractivity contribution in [2.45, 2.75) is 39.0 Å². The molecule has 1 aliphatic heterocycles. The Hall–Kier alpha value is -1.05. The summed E-state index contributed by atoms with van der Waals surface area (Å²) in [5.74, 6) is 1.72. The minimum atomic E-state index is 0.114. The van der Waals surface area contributed by atoms with Crippen molar-refractivity contribution >= 4 is 5.91 Å². The van der Waals surface area contributed by atoms with E-state index in [-0.39, 0.29) is 5.91 Å². The highest BCUT2D eigenvalue weighted by Gasteiger charge is 2.26. The third-order valence-corrected chi connectivity index (χ3v) is 4.02. The van der Waals surface area contributed by atoms with Crippen molar-refractivity contribution < 1.29 is 4.79 Å². The van der Waals surface area contributed by atoms with Crippen LogP contribution in [-0.4, -0.2) is 17.4 Å². The fraction of sp³-hybridized carbons (Fsp3) is 0.643. The van der Waals surface area contributed by atoms with Gasteiger partial charge < -0.3 is 4.90 Å². The molecular formula is C14H21NO. The summed E-state index contributed by atoms with van der Waals surface area (Å²) >= 11 is 0. The number of nitrogens with zero attached hydrogens (tertiary/aromatic N) is 1. The molecule has 0 aromatic carbocycles. The smallest absolute Gasteiger partial charge is 0.251 e. The van der Waals surface area contributed by atoms with Gasteiger partial charge in [0.05, 0.1) is 0 Å². The van der Waals surface area contributed by atoms with Crippen LogP contribution in [0.1, 0.15) is 39.0 Å². The van der Waals surface area contributed by atoms with Crippen LogP contribution in [0.2, 0.25) is 0 Å². The molecule has 0 radical (unpaired) electrons. The molecule has 0 unspecified atom stereocenters. The largest absolute Gasteiger partial charge is 0.309 e. The molecule has 1 amide bonds. The van der Waals surface area contributed by atoms with Crippen LogP contribution in [0.15, 0.2) is 24.4 Å². The Kier molecular flexibility index (Phi) is 3.47. The molecule has 2 rings (SSSR count). The van der Waals surface area contributed by atoms with E-state index < -0.39 is 0 Å². The van der Waals surface area contributed by atoms with Gasteiger partial charge in [-0.05, 0) is 30.8 Å². The Labute approximate surface area is 98.0 Å². The van der Waals surface area contributed by atoms with E-state index in [2.05, 4.69) is 13.5 Å². The van der Waals surface area contributed by atoms with E-state index in [4.69, 9.17) is 0 Å². The lowest BCUT2D eigenvalue weighted by Gasteiger charge is -2.31. The van der Waals surface area contributed by atoms with Gasteiger partial charge in [-0.25, -0.2) is 0 Å². The predicted molar refractivity (Wildman–Crippen MR) is 65.7 cm³/mol. The summed E-state index contributed by atoms with van der Waals surface area (Å²) in [5, 5.41) is 0. The average Bonchev–Trinajstić information content (AvgIpc) is 2.62. The van der Waals surface area contributed by atoms with Crippen molar-refractivity contribution in [3.63, 3.8) is 0 Å². The molecular weight excluding hydrogens is 198 g/mol. The summed E-state index contributed by atoms with van der Waals surface area (Å²) in [6.45, 7) is 7.06. The second kappa shape index (κ2) is 4.86. The monoisotopic (exact) mass is 219 g/mol. The number of carbonyl (C=O) groups excluding carboxylic acids is 1. The van der Waals surface area contributed by atoms with Gasteiger partial charge in [0.15, 0.2) is 0 Å². The summed E-state index contributed by atoms with van der Waals surface area (Å²) in [6.07, 6.45) is 9.97. The Morgan fingerprint density at radius 2 is 1.88 bits per heavy atom. The molecule has 1 aliphatic carbocycles. The third kappa shape index (κ3) is 2.37. The number of amides is 1. The van der Waals surface area contributed by atoms with Gasteiger partial charge in [-0.2, -0.15) is 0 Å². The van der Waals surface area contributed by atoms with Crippen molar-refractivity contribution in [3.05, 3.63) is 24.4 Å². The molecule has 0 aromatic rings. The lowest BCUT2D eigenvalue weighted by atomic mass is 9.80. The maximum absolute atomic E-state index is 11.6. The third-order valence-electron chi connectivity index (χ3n) is 4.02. The molecule has 1 heterocycles. The fourth-order valence-electron chi connectivity index (χ4n) is 2.78. The fourth-order valence-corrected chi connectivity index (χ4v) is 2.78. The summed E-state index contributed by atoms with van der Waals surface area (Å²) in [6, 6.07) is 0. The Morgan fingerprint density at radius 3 is 2.38 bits per heavy atom. The van der Waals surface area contributed by atoms with Crippen molar-refractivity contribution in [3.8, 4) is 0 Å². The van der Waals surface area contributed by atoms with E-state index in [1.807, 2.05) is 11.0 Å². The number of hydrogen-bond donors (Lipinski definition) is 0. The molecule has 2 aliphatic rings. The first-order chi connectivity index (χ1) is 7.70. The second-order valence-corrected chi connectivity index (χ2v) is 5.07. The maximum atomic E-state index is 11.6. The zero-order chi connectivity index (χ0) is 11.5. The molecule has 0 atom stereocenters. The van der Waals surface area contributed by atoms with Gasteiger partial charge in [0, 0.05) is 18.3 Å². The van der Waals surface area contributed by atoms with Crippen molar-refractivity contribution in [1.82, 2.24) is 4.90 Å². The highest BCUT2D eigenvalue weighted by Crippen LogP contribution is 2.32. The van der Waals surface area contributed by atoms with Crippen LogP contribution in [0, 0.1) is 11.8 Å². The van der Waals surface area contributed by atoms with Crippen LogP contribution in [0.5, 0.6) is 0 Å². The molecule has 0 aromatic heterocycles. The van der Waals surface area contributed by atoms with Gasteiger partial charge in [-0.15, -0.1) is 0 Å². The van der Waals surface area contributed by atoms with E-state index in [9.17, 15) is 4.79 Å². The van der Waals surface area contributed by atoms with Crippen LogP contribution in [-0.2, 0) is 4.79 Å². The second-order valence-electron chi connectivity index (χ2n) is 5.07. The van der Waals surface area contributed by atoms with E-state index in [1.165, 1.54) is 32.1 Å². The first kappa shape index (κ1) is 11.4.